The third kappa shape index (κ3) is 25.9. The van der Waals surface area contributed by atoms with E-state index < -0.39 is 39.1 Å². The van der Waals surface area contributed by atoms with Gasteiger partial charge >= 0.3 is 71.1 Å². The predicted molar refractivity (Wildman–Crippen MR) is 102 cm³/mol. The smallest absolute Gasteiger partial charge is 0.790 e. The van der Waals surface area contributed by atoms with E-state index >= 15 is 0 Å². The Bertz CT molecular complexity index is 763. The molecule has 166 valence electrons. The molecule has 0 spiro atoms. The van der Waals surface area contributed by atoms with Gasteiger partial charge in [-0.1, -0.05) is 44.9 Å². The number of carbonyl (C=O) groups is 2. The van der Waals surface area contributed by atoms with Crippen LogP contribution in [-0.4, -0.2) is 31.3 Å². The zero-order valence-corrected chi connectivity index (χ0v) is 24.0. The number of rotatable bonds is 14. The van der Waals surface area contributed by atoms with Crippen LogP contribution < -0.4 is 68.9 Å². The van der Waals surface area contributed by atoms with E-state index in [4.69, 9.17) is 9.62 Å². The molecule has 0 aromatic heterocycles. The minimum absolute atomic E-state index is 0. The molecular weight excluding hydrogens is 461 g/mol. The fourth-order valence-electron chi connectivity index (χ4n) is 1.90. The van der Waals surface area contributed by atoms with Gasteiger partial charge in [0.2, 0.25) is 0 Å². The van der Waals surface area contributed by atoms with Gasteiger partial charge in [-0.2, -0.15) is 4.89 Å². The van der Waals surface area contributed by atoms with Crippen molar-refractivity contribution in [2.24, 2.45) is 0 Å². The Morgan fingerprint density at radius 2 is 1.56 bits per heavy atom. The molecule has 0 bridgehead atoms. The minimum Gasteiger partial charge on any atom is -0.790 e. The molecule has 0 aliphatic carbocycles. The summed E-state index contributed by atoms with van der Waals surface area (Å²) in [5.74, 6) is 12.2. The Hall–Kier alpha value is -0.310. The summed E-state index contributed by atoms with van der Waals surface area (Å²) < 4.78 is 19.4. The molecule has 0 aromatic carbocycles. The summed E-state index contributed by atoms with van der Waals surface area (Å²) in [6.45, 7) is 2.32. The second-order valence-electron chi connectivity index (χ2n) is 5.91. The quantitative estimate of drug-likeness (QED) is 0.0346. The number of hydrogen-bond acceptors (Lipinski definition) is 9. The molecule has 0 saturated heterocycles. The Kier molecular flexibility index (Phi) is 27.0. The second kappa shape index (κ2) is 23.8. The predicted octanol–water partition coefficient (Wildman–Crippen LogP) is -4.99. The molecule has 0 aromatic rings. The van der Waals surface area contributed by atoms with Crippen molar-refractivity contribution in [3.8, 4) is 35.5 Å². The van der Waals surface area contributed by atoms with Crippen molar-refractivity contribution >= 4 is 19.8 Å². The van der Waals surface area contributed by atoms with Gasteiger partial charge in [0, 0.05) is 12.3 Å². The number of ether oxygens (including phenoxy) is 1. The maximum absolute atomic E-state index is 11.7. The molecule has 0 aliphatic rings. The number of hydrogen-bond donors (Lipinski definition) is 0. The van der Waals surface area contributed by atoms with E-state index in [9.17, 15) is 23.9 Å². The molecule has 0 saturated carbocycles. The molecule has 0 N–H and O–H groups in total. The van der Waals surface area contributed by atoms with Crippen LogP contribution in [0.2, 0.25) is 0 Å². The van der Waals surface area contributed by atoms with Crippen LogP contribution in [0.25, 0.3) is 0 Å². The third-order valence-corrected chi connectivity index (χ3v) is 3.77. The first-order valence-electron chi connectivity index (χ1n) is 9.40. The van der Waals surface area contributed by atoms with Crippen molar-refractivity contribution < 1.29 is 102 Å². The second-order valence-corrected chi connectivity index (χ2v) is 7.06. The number of phosphoric acid groups is 1. The average Bonchev–Trinajstić information content (AvgIpc) is 2.69. The molecule has 0 amide bonds. The van der Waals surface area contributed by atoms with Crippen molar-refractivity contribution in [1.29, 1.82) is 0 Å². The van der Waals surface area contributed by atoms with Gasteiger partial charge in [0.05, 0.1) is 14.4 Å². The molecule has 0 aliphatic heterocycles. The first-order valence-corrected chi connectivity index (χ1v) is 10.9. The van der Waals surface area contributed by atoms with Gasteiger partial charge in [-0.3, -0.25) is 4.89 Å². The largest absolute Gasteiger partial charge is 1.00 e. The molecule has 0 heterocycles. The number of carbonyl (C=O) groups excluding carboxylic acids is 2. The Morgan fingerprint density at radius 3 is 2.19 bits per heavy atom. The van der Waals surface area contributed by atoms with E-state index in [1.807, 2.05) is 5.92 Å². The fraction of sp³-hybridized carbons (Fsp3) is 0.600. The monoisotopic (exact) mass is 486 g/mol. The van der Waals surface area contributed by atoms with E-state index in [1.165, 1.54) is 0 Å². The zero-order chi connectivity index (χ0) is 22.7. The molecule has 32 heavy (non-hydrogen) atoms. The van der Waals surface area contributed by atoms with Gasteiger partial charge in [-0.25, -0.2) is 9.59 Å². The minimum atomic E-state index is -5.29. The van der Waals surface area contributed by atoms with Gasteiger partial charge in [-0.05, 0) is 37.0 Å². The summed E-state index contributed by atoms with van der Waals surface area (Å²) in [6.07, 6.45) is 4.60. The molecular formula is C20H25Na2O9P. The molecule has 12 heteroatoms. The molecule has 0 radical (unpaired) electrons. The molecule has 0 fully saturated rings. The summed E-state index contributed by atoms with van der Waals surface area (Å²) in [5.41, 5.74) is 0. The van der Waals surface area contributed by atoms with Crippen molar-refractivity contribution in [3.05, 3.63) is 0 Å². The molecule has 9 nitrogen and oxygen atoms in total. The van der Waals surface area contributed by atoms with Gasteiger partial charge in [-0.15, -0.1) is 0 Å². The SMILES string of the molecule is CC#CC#CC#CC(=O)OC[C@H](COP(=O)([O-])[O-])OOC(=O)CCCCCCCC.[Na+].[Na+]. The fourth-order valence-corrected chi connectivity index (χ4v) is 2.25. The van der Waals surface area contributed by atoms with Crippen LogP contribution in [0.5, 0.6) is 0 Å². The van der Waals surface area contributed by atoms with Crippen LogP contribution in [-0.2, 0) is 33.2 Å². The molecule has 1 atom stereocenters. The Morgan fingerprint density at radius 1 is 0.938 bits per heavy atom. The number of phosphoric ester groups is 1. The van der Waals surface area contributed by atoms with Crippen LogP contribution in [0.3, 0.4) is 0 Å². The van der Waals surface area contributed by atoms with Crippen LogP contribution >= 0.6 is 7.82 Å². The van der Waals surface area contributed by atoms with Gasteiger partial charge in [0.15, 0.2) is 6.10 Å². The number of esters is 1. The standard InChI is InChI=1S/C20H27O9P.2Na/c1-3-5-7-9-11-13-15-20(22)29-28-18(17-27-30(23,24)25)16-26-19(21)14-12-10-8-6-4-2;;/h18H,3,5,7,9,11,13,15-17H2,1-2H3,(H2,23,24,25);;/q;2*+1/p-2/t18-;;/m1../s1. The van der Waals surface area contributed by atoms with Gasteiger partial charge in [0.25, 0.3) is 0 Å². The van der Waals surface area contributed by atoms with E-state index in [-0.39, 0.29) is 65.5 Å². The summed E-state index contributed by atoms with van der Waals surface area (Å²) >= 11 is 0. The van der Waals surface area contributed by atoms with Crippen LogP contribution in [0.1, 0.15) is 58.8 Å². The van der Waals surface area contributed by atoms with Gasteiger partial charge in [0.1, 0.15) is 6.61 Å². The summed E-state index contributed by atoms with van der Waals surface area (Å²) in [5, 5.41) is 0. The van der Waals surface area contributed by atoms with E-state index in [2.05, 4.69) is 45.9 Å². The maximum Gasteiger partial charge on any atom is 1.00 e. The summed E-state index contributed by atoms with van der Waals surface area (Å²) in [4.78, 5) is 53.7. The van der Waals surface area contributed by atoms with Crippen LogP contribution in [0.15, 0.2) is 0 Å². The first kappa shape index (κ1) is 36.3. The first-order chi connectivity index (χ1) is 14.3. The van der Waals surface area contributed by atoms with Crippen molar-refractivity contribution in [2.75, 3.05) is 13.2 Å². The van der Waals surface area contributed by atoms with Crippen LogP contribution in [0, 0.1) is 35.5 Å². The Labute approximate surface area is 233 Å². The summed E-state index contributed by atoms with van der Waals surface area (Å²) in [6, 6.07) is 0. The van der Waals surface area contributed by atoms with E-state index in [0.29, 0.717) is 6.42 Å². The van der Waals surface area contributed by atoms with E-state index in [0.717, 1.165) is 32.1 Å². The van der Waals surface area contributed by atoms with Crippen molar-refractivity contribution in [2.45, 2.75) is 64.9 Å². The molecule has 0 rings (SSSR count). The van der Waals surface area contributed by atoms with Crippen molar-refractivity contribution in [1.82, 2.24) is 0 Å². The summed E-state index contributed by atoms with van der Waals surface area (Å²) in [7, 11) is -5.29. The Balaban J connectivity index is -0.00000420. The van der Waals surface area contributed by atoms with Crippen LogP contribution in [0.4, 0.5) is 0 Å². The van der Waals surface area contributed by atoms with Crippen molar-refractivity contribution in [3.63, 3.8) is 0 Å². The molecule has 0 unspecified atom stereocenters. The topological polar surface area (TPSA) is 134 Å². The maximum atomic E-state index is 11.7. The average molecular weight is 486 g/mol. The normalized spacial score (nSPS) is 10.2. The number of unbranched alkanes of at least 4 members (excludes halogenated alkanes) is 5. The zero-order valence-electron chi connectivity index (χ0n) is 19.1. The third-order valence-electron chi connectivity index (χ3n) is 3.31. The van der Waals surface area contributed by atoms with Gasteiger partial charge < -0.3 is 23.6 Å². The van der Waals surface area contributed by atoms with E-state index in [1.54, 1.807) is 6.92 Å².